The van der Waals surface area contributed by atoms with Gasteiger partial charge in [0.15, 0.2) is 0 Å². The molecule has 0 radical (unpaired) electrons. The van der Waals surface area contributed by atoms with Crippen molar-refractivity contribution in [3.8, 4) is 5.88 Å². The molecule has 3 aliphatic rings. The number of carboxylic acids is 1. The zero-order chi connectivity index (χ0) is 28.0. The number of hydrogen-bond acceptors (Lipinski definition) is 7. The first-order valence-corrected chi connectivity index (χ1v) is 14.4. The molecule has 1 saturated carbocycles. The molecule has 2 aromatic heterocycles. The minimum absolute atomic E-state index is 0.0477. The van der Waals surface area contributed by atoms with Gasteiger partial charge in [0.05, 0.1) is 28.9 Å². The lowest BCUT2D eigenvalue weighted by molar-refractivity contribution is -0.0932. The van der Waals surface area contributed by atoms with Crippen LogP contribution in [0.5, 0.6) is 5.88 Å². The Bertz CT molecular complexity index is 1500. The summed E-state index contributed by atoms with van der Waals surface area (Å²) in [7, 11) is 1.71. The lowest BCUT2D eigenvalue weighted by Gasteiger charge is -2.59. The predicted octanol–water partition coefficient (Wildman–Crippen LogP) is 4.73. The molecule has 2 aliphatic heterocycles. The van der Waals surface area contributed by atoms with Gasteiger partial charge in [0.2, 0.25) is 11.3 Å². The Morgan fingerprint density at radius 3 is 2.75 bits per heavy atom. The molecule has 11 heteroatoms. The second-order valence-electron chi connectivity index (χ2n) is 11.3. The molecule has 4 heterocycles. The van der Waals surface area contributed by atoms with Crippen LogP contribution >= 0.6 is 23.2 Å². The van der Waals surface area contributed by atoms with E-state index in [1.165, 1.54) is 6.20 Å². The largest absolute Gasteiger partial charge is 0.477 e. The molecule has 40 heavy (non-hydrogen) atoms. The van der Waals surface area contributed by atoms with Gasteiger partial charge in [-0.3, -0.25) is 9.69 Å². The number of carbonyl (C=O) groups is 1. The molecular weight excluding hydrogens is 555 g/mol. The second kappa shape index (κ2) is 10.9. The van der Waals surface area contributed by atoms with Crippen molar-refractivity contribution in [2.45, 2.75) is 37.8 Å². The van der Waals surface area contributed by atoms with Crippen molar-refractivity contribution < 1.29 is 19.4 Å². The van der Waals surface area contributed by atoms with Crippen LogP contribution in [-0.2, 0) is 4.74 Å². The van der Waals surface area contributed by atoms with Crippen LogP contribution in [0.3, 0.4) is 0 Å². The van der Waals surface area contributed by atoms with Gasteiger partial charge in [0.1, 0.15) is 17.2 Å². The molecule has 1 unspecified atom stereocenters. The molecule has 0 bridgehead atoms. The summed E-state index contributed by atoms with van der Waals surface area (Å²) in [4.78, 5) is 34.0. The van der Waals surface area contributed by atoms with Gasteiger partial charge < -0.3 is 24.0 Å². The van der Waals surface area contributed by atoms with Crippen LogP contribution in [0.4, 0.5) is 5.69 Å². The van der Waals surface area contributed by atoms with Crippen LogP contribution in [0.2, 0.25) is 10.0 Å². The number of halogens is 2. The van der Waals surface area contributed by atoms with E-state index >= 15 is 0 Å². The summed E-state index contributed by atoms with van der Waals surface area (Å²) in [6.45, 7) is 4.85. The number of aromatic nitrogens is 2. The number of pyridine rings is 2. The van der Waals surface area contributed by atoms with E-state index in [9.17, 15) is 14.7 Å². The van der Waals surface area contributed by atoms with Crippen molar-refractivity contribution in [1.29, 1.82) is 0 Å². The first-order chi connectivity index (χ1) is 19.3. The minimum Gasteiger partial charge on any atom is -0.477 e. The van der Waals surface area contributed by atoms with Crippen LogP contribution in [0.1, 0.15) is 42.1 Å². The third kappa shape index (κ3) is 4.93. The molecule has 1 spiro atoms. The third-order valence-corrected chi connectivity index (χ3v) is 9.21. The lowest BCUT2D eigenvalue weighted by Crippen LogP contribution is -2.62. The molecular formula is C29H32Cl2N4O5. The number of nitrogens with zero attached hydrogens (tertiary/aromatic N) is 4. The molecule has 212 valence electrons. The maximum atomic E-state index is 13.2. The van der Waals surface area contributed by atoms with Crippen LogP contribution in [-0.4, -0.2) is 78.1 Å². The number of aromatic carboxylic acids is 1. The fraction of sp³-hybridized carbons (Fsp3) is 0.483. The molecule has 3 fully saturated rings. The van der Waals surface area contributed by atoms with Gasteiger partial charge in [-0.05, 0) is 55.4 Å². The van der Waals surface area contributed by atoms with E-state index in [1.807, 2.05) is 10.6 Å². The summed E-state index contributed by atoms with van der Waals surface area (Å²) in [5.41, 5.74) is 1.03. The van der Waals surface area contributed by atoms with E-state index < -0.39 is 11.4 Å². The van der Waals surface area contributed by atoms with Gasteiger partial charge in [-0.15, -0.1) is 0 Å². The molecule has 0 amide bonds. The zero-order valence-corrected chi connectivity index (χ0v) is 23.8. The molecule has 3 aromatic rings. The molecule has 1 atom stereocenters. The Morgan fingerprint density at radius 2 is 2.02 bits per heavy atom. The number of likely N-dealkylation sites (tertiary alicyclic amines) is 1. The molecule has 1 aromatic carbocycles. The van der Waals surface area contributed by atoms with Crippen molar-refractivity contribution in [1.82, 2.24) is 14.5 Å². The van der Waals surface area contributed by atoms with Crippen molar-refractivity contribution in [2.75, 3.05) is 51.4 Å². The summed E-state index contributed by atoms with van der Waals surface area (Å²) in [6.07, 6.45) is 6.93. The van der Waals surface area contributed by atoms with Gasteiger partial charge in [0.25, 0.3) is 0 Å². The maximum absolute atomic E-state index is 13.2. The lowest BCUT2D eigenvalue weighted by atomic mass is 9.60. The molecule has 6 rings (SSSR count). The topological polar surface area (TPSA) is 97.1 Å². The number of carboxylic acid groups (broad SMARTS) is 1. The Labute approximate surface area is 242 Å². The number of rotatable bonds is 9. The maximum Gasteiger partial charge on any atom is 0.341 e. The average molecular weight is 588 g/mol. The van der Waals surface area contributed by atoms with Crippen molar-refractivity contribution in [3.05, 3.63) is 62.5 Å². The van der Waals surface area contributed by atoms with Crippen molar-refractivity contribution in [3.63, 3.8) is 0 Å². The Kier molecular flexibility index (Phi) is 7.41. The first-order valence-electron chi connectivity index (χ1n) is 13.6. The summed E-state index contributed by atoms with van der Waals surface area (Å²) in [6, 6.07) is 7.25. The molecule has 9 nitrogen and oxygen atoms in total. The van der Waals surface area contributed by atoms with Crippen LogP contribution in [0.25, 0.3) is 10.9 Å². The van der Waals surface area contributed by atoms with Crippen LogP contribution in [0, 0.1) is 5.41 Å². The second-order valence-corrected chi connectivity index (χ2v) is 12.1. The Balaban J connectivity index is 1.30. The van der Waals surface area contributed by atoms with Gasteiger partial charge in [0, 0.05) is 57.1 Å². The van der Waals surface area contributed by atoms with Crippen molar-refractivity contribution >= 4 is 45.8 Å². The zero-order valence-electron chi connectivity index (χ0n) is 22.3. The number of methoxy groups -OCH3 is 1. The highest BCUT2D eigenvalue weighted by molar-refractivity contribution is 6.34. The molecule has 1 N–H and O–H groups in total. The van der Waals surface area contributed by atoms with E-state index in [2.05, 4.69) is 14.8 Å². The van der Waals surface area contributed by atoms with Gasteiger partial charge in [-0.2, -0.15) is 0 Å². The number of ether oxygens (including phenoxy) is 2. The van der Waals surface area contributed by atoms with Gasteiger partial charge in [-0.25, -0.2) is 9.78 Å². The highest BCUT2D eigenvalue weighted by Crippen LogP contribution is 2.54. The monoisotopic (exact) mass is 586 g/mol. The quantitative estimate of drug-likeness (QED) is 0.384. The average Bonchev–Trinajstić information content (AvgIpc) is 3.35. The highest BCUT2D eigenvalue weighted by atomic mass is 35.5. The summed E-state index contributed by atoms with van der Waals surface area (Å²) in [5, 5.41) is 11.0. The predicted molar refractivity (Wildman–Crippen MR) is 154 cm³/mol. The van der Waals surface area contributed by atoms with E-state index in [1.54, 1.807) is 31.5 Å². The number of fused-ring (bicyclic) bond motifs is 1. The molecule has 2 saturated heterocycles. The standard InChI is InChI=1S/C29H32Cl2N4O5/c1-39-9-8-33-16-29(17-33)12-19(13-29)35-14-21(28(37)38)26(36)20-10-23(31)25(11-24(20)35)34-7-3-4-18(34)15-40-27-22(30)5-2-6-32-27/h2,5-6,10-11,14,18-19H,3-4,7-9,12-13,15-17H2,1H3,(H,37,38). The fourth-order valence-corrected chi connectivity index (χ4v) is 7.14. The van der Waals surface area contributed by atoms with Crippen LogP contribution < -0.4 is 15.1 Å². The highest BCUT2D eigenvalue weighted by Gasteiger charge is 2.52. The summed E-state index contributed by atoms with van der Waals surface area (Å²) in [5.74, 6) is -0.833. The number of hydrogen-bond donors (Lipinski definition) is 1. The van der Waals surface area contributed by atoms with Crippen LogP contribution in [0.15, 0.2) is 41.5 Å². The van der Waals surface area contributed by atoms with Gasteiger partial charge >= 0.3 is 5.97 Å². The minimum atomic E-state index is -1.23. The van der Waals surface area contributed by atoms with E-state index in [-0.39, 0.29) is 23.1 Å². The smallest absolute Gasteiger partial charge is 0.341 e. The summed E-state index contributed by atoms with van der Waals surface area (Å²) < 4.78 is 13.2. The van der Waals surface area contributed by atoms with E-state index in [0.717, 1.165) is 57.5 Å². The number of benzene rings is 1. The Morgan fingerprint density at radius 1 is 1.23 bits per heavy atom. The molecule has 1 aliphatic carbocycles. The fourth-order valence-electron chi connectivity index (χ4n) is 6.69. The van der Waals surface area contributed by atoms with E-state index in [0.29, 0.717) is 40.0 Å². The number of anilines is 1. The van der Waals surface area contributed by atoms with Crippen molar-refractivity contribution in [2.24, 2.45) is 5.41 Å². The summed E-state index contributed by atoms with van der Waals surface area (Å²) >= 11 is 13.0. The normalized spacial score (nSPS) is 20.6. The SMILES string of the molecule is COCCN1CC2(CC(n3cc(C(=O)O)c(=O)c4cc(Cl)c(N5CCCC5COc5ncccc5Cl)cc43)C2)C1. The first kappa shape index (κ1) is 27.3. The van der Waals surface area contributed by atoms with Gasteiger partial charge in [-0.1, -0.05) is 23.2 Å². The third-order valence-electron chi connectivity index (χ3n) is 8.62. The Hall–Kier alpha value is -2.85. The van der Waals surface area contributed by atoms with E-state index in [4.69, 9.17) is 32.7 Å².